The van der Waals surface area contributed by atoms with Gasteiger partial charge in [0.25, 0.3) is 0 Å². The van der Waals surface area contributed by atoms with E-state index in [1.165, 1.54) is 5.56 Å². The van der Waals surface area contributed by atoms with Crippen LogP contribution in [0.5, 0.6) is 0 Å². The van der Waals surface area contributed by atoms with Crippen molar-refractivity contribution in [3.05, 3.63) is 83.6 Å². The van der Waals surface area contributed by atoms with Gasteiger partial charge in [0.15, 0.2) is 0 Å². The van der Waals surface area contributed by atoms with E-state index in [0.29, 0.717) is 24.2 Å². The van der Waals surface area contributed by atoms with Crippen LogP contribution in [0.25, 0.3) is 27.7 Å². The number of fused-ring (bicyclic) bond motifs is 1. The average molecular weight is 382 g/mol. The number of nitrogens with zero attached hydrogens (tertiary/aromatic N) is 3. The topological polar surface area (TPSA) is 73.9 Å². The Labute approximate surface area is 169 Å². The van der Waals surface area contributed by atoms with E-state index >= 15 is 0 Å². The lowest BCUT2D eigenvalue weighted by Gasteiger charge is -2.11. The Bertz CT molecular complexity index is 1190. The summed E-state index contributed by atoms with van der Waals surface area (Å²) in [5, 5.41) is 27.3. The predicted octanol–water partition coefficient (Wildman–Crippen LogP) is 3.95. The average Bonchev–Trinajstić information content (AvgIpc) is 3.18. The summed E-state index contributed by atoms with van der Waals surface area (Å²) in [6.07, 6.45) is 1.98. The molecule has 1 heterocycles. The van der Waals surface area contributed by atoms with Gasteiger partial charge in [-0.25, -0.2) is 4.68 Å². The number of aliphatic hydroxyl groups is 1. The molecule has 1 aromatic heterocycles. The zero-order chi connectivity index (χ0) is 20.2. The fourth-order valence-corrected chi connectivity index (χ4v) is 3.62. The van der Waals surface area contributed by atoms with Crippen molar-refractivity contribution in [2.45, 2.75) is 13.5 Å². The third-order valence-corrected chi connectivity index (χ3v) is 5.04. The lowest BCUT2D eigenvalue weighted by molar-refractivity contribution is 0.292. The van der Waals surface area contributed by atoms with Crippen molar-refractivity contribution in [2.24, 2.45) is 0 Å². The van der Waals surface area contributed by atoms with E-state index in [2.05, 4.69) is 36.5 Å². The van der Waals surface area contributed by atoms with Crippen LogP contribution in [0.4, 0.5) is 0 Å². The second kappa shape index (κ2) is 8.27. The molecule has 0 atom stereocenters. The SMILES string of the molecule is Cc1c(-c2ccccc2)cccc1-n1cc2cc(CNCCO)cc(C#N)c2n1. The summed E-state index contributed by atoms with van der Waals surface area (Å²) in [7, 11) is 0. The van der Waals surface area contributed by atoms with Crippen LogP contribution in [-0.2, 0) is 6.54 Å². The Balaban J connectivity index is 1.78. The van der Waals surface area contributed by atoms with Crippen molar-refractivity contribution in [1.29, 1.82) is 5.26 Å². The van der Waals surface area contributed by atoms with Gasteiger partial charge in [0.2, 0.25) is 0 Å². The van der Waals surface area contributed by atoms with E-state index in [4.69, 9.17) is 10.2 Å². The minimum absolute atomic E-state index is 0.0856. The van der Waals surface area contributed by atoms with E-state index < -0.39 is 0 Å². The fraction of sp³-hybridized carbons (Fsp3) is 0.167. The van der Waals surface area contributed by atoms with E-state index in [1.807, 2.05) is 53.3 Å². The summed E-state index contributed by atoms with van der Waals surface area (Å²) >= 11 is 0. The highest BCUT2D eigenvalue weighted by molar-refractivity contribution is 5.85. The summed E-state index contributed by atoms with van der Waals surface area (Å²) in [5.41, 5.74) is 6.70. The van der Waals surface area contributed by atoms with Gasteiger partial charge in [-0.3, -0.25) is 0 Å². The van der Waals surface area contributed by atoms with Crippen LogP contribution in [0.2, 0.25) is 0 Å². The lowest BCUT2D eigenvalue weighted by Crippen LogP contribution is -2.17. The molecule has 4 rings (SSSR count). The van der Waals surface area contributed by atoms with Crippen molar-refractivity contribution in [3.8, 4) is 22.9 Å². The van der Waals surface area contributed by atoms with Gasteiger partial charge < -0.3 is 10.4 Å². The molecule has 0 fully saturated rings. The maximum Gasteiger partial charge on any atom is 0.110 e. The molecule has 144 valence electrons. The molecule has 0 aliphatic rings. The quantitative estimate of drug-likeness (QED) is 0.495. The highest BCUT2D eigenvalue weighted by Crippen LogP contribution is 2.29. The molecule has 0 unspecified atom stereocenters. The van der Waals surface area contributed by atoms with Crippen molar-refractivity contribution in [1.82, 2.24) is 15.1 Å². The molecular formula is C24H22N4O. The highest BCUT2D eigenvalue weighted by Gasteiger charge is 2.13. The summed E-state index contributed by atoms with van der Waals surface area (Å²) in [5.74, 6) is 0. The van der Waals surface area contributed by atoms with Crippen LogP contribution in [0.3, 0.4) is 0 Å². The molecule has 0 amide bonds. The van der Waals surface area contributed by atoms with Crippen LogP contribution < -0.4 is 5.32 Å². The van der Waals surface area contributed by atoms with Gasteiger partial charge >= 0.3 is 0 Å². The molecule has 4 aromatic rings. The van der Waals surface area contributed by atoms with Gasteiger partial charge in [0.1, 0.15) is 11.6 Å². The van der Waals surface area contributed by atoms with Gasteiger partial charge in [-0.05, 0) is 47.4 Å². The zero-order valence-corrected chi connectivity index (χ0v) is 16.3. The number of benzene rings is 3. The second-order valence-corrected chi connectivity index (χ2v) is 6.98. The molecule has 0 aliphatic carbocycles. The van der Waals surface area contributed by atoms with Crippen LogP contribution in [0.1, 0.15) is 16.7 Å². The molecule has 2 N–H and O–H groups in total. The van der Waals surface area contributed by atoms with Crippen LogP contribution in [0, 0.1) is 18.3 Å². The molecule has 3 aromatic carbocycles. The predicted molar refractivity (Wildman–Crippen MR) is 115 cm³/mol. The number of aliphatic hydroxyl groups excluding tert-OH is 1. The zero-order valence-electron chi connectivity index (χ0n) is 16.3. The van der Waals surface area contributed by atoms with Gasteiger partial charge in [0.05, 0.1) is 17.9 Å². The van der Waals surface area contributed by atoms with Crippen LogP contribution >= 0.6 is 0 Å². The standard InChI is InChI=1S/C24H22N4O/c1-17-22(19-6-3-2-4-7-19)8-5-9-23(17)28-16-21-13-18(15-26-10-11-29)12-20(14-25)24(21)27-28/h2-9,12-13,16,26,29H,10-11,15H2,1H3. The van der Waals surface area contributed by atoms with Crippen molar-refractivity contribution >= 4 is 10.9 Å². The fourth-order valence-electron chi connectivity index (χ4n) is 3.62. The van der Waals surface area contributed by atoms with E-state index in [0.717, 1.165) is 27.8 Å². The van der Waals surface area contributed by atoms with Gasteiger partial charge in [-0.1, -0.05) is 42.5 Å². The third kappa shape index (κ3) is 3.77. The minimum Gasteiger partial charge on any atom is -0.395 e. The Morgan fingerprint density at radius 1 is 1.10 bits per heavy atom. The molecule has 29 heavy (non-hydrogen) atoms. The van der Waals surface area contributed by atoms with Gasteiger partial charge in [-0.15, -0.1) is 0 Å². The molecule has 0 bridgehead atoms. The second-order valence-electron chi connectivity index (χ2n) is 6.98. The smallest absolute Gasteiger partial charge is 0.110 e. The number of aromatic nitrogens is 2. The molecule has 0 radical (unpaired) electrons. The van der Waals surface area contributed by atoms with E-state index in [-0.39, 0.29) is 6.61 Å². The first-order valence-electron chi connectivity index (χ1n) is 9.60. The first kappa shape index (κ1) is 18.9. The number of nitrogens with one attached hydrogen (secondary N) is 1. The first-order chi connectivity index (χ1) is 14.2. The van der Waals surface area contributed by atoms with Crippen molar-refractivity contribution < 1.29 is 5.11 Å². The first-order valence-corrected chi connectivity index (χ1v) is 9.60. The summed E-state index contributed by atoms with van der Waals surface area (Å²) in [6, 6.07) is 22.6. The van der Waals surface area contributed by atoms with Gasteiger partial charge in [-0.2, -0.15) is 10.4 Å². The number of rotatable bonds is 6. The van der Waals surface area contributed by atoms with Crippen molar-refractivity contribution in [3.63, 3.8) is 0 Å². The number of hydrogen-bond donors (Lipinski definition) is 2. The van der Waals surface area contributed by atoms with Crippen molar-refractivity contribution in [2.75, 3.05) is 13.2 Å². The molecular weight excluding hydrogens is 360 g/mol. The lowest BCUT2D eigenvalue weighted by atomic mass is 9.99. The Morgan fingerprint density at radius 3 is 2.69 bits per heavy atom. The monoisotopic (exact) mass is 382 g/mol. The normalized spacial score (nSPS) is 10.9. The Morgan fingerprint density at radius 2 is 1.93 bits per heavy atom. The maximum absolute atomic E-state index is 9.60. The van der Waals surface area contributed by atoms with Gasteiger partial charge in [0, 0.05) is 24.7 Å². The number of hydrogen-bond acceptors (Lipinski definition) is 4. The van der Waals surface area contributed by atoms with Crippen LogP contribution in [-0.4, -0.2) is 28.0 Å². The highest BCUT2D eigenvalue weighted by atomic mass is 16.3. The largest absolute Gasteiger partial charge is 0.395 e. The van der Waals surface area contributed by atoms with E-state index in [9.17, 15) is 5.26 Å². The number of nitriles is 1. The maximum atomic E-state index is 9.60. The molecule has 0 saturated carbocycles. The van der Waals surface area contributed by atoms with E-state index in [1.54, 1.807) is 0 Å². The summed E-state index contributed by atoms with van der Waals surface area (Å²) in [6.45, 7) is 3.30. The Kier molecular flexibility index (Phi) is 5.39. The third-order valence-electron chi connectivity index (χ3n) is 5.04. The molecule has 5 heteroatoms. The molecule has 5 nitrogen and oxygen atoms in total. The molecule has 0 saturated heterocycles. The van der Waals surface area contributed by atoms with Crippen LogP contribution in [0.15, 0.2) is 66.9 Å². The molecule has 0 spiro atoms. The molecule has 0 aliphatic heterocycles. The summed E-state index contributed by atoms with van der Waals surface area (Å²) in [4.78, 5) is 0. The Hall–Kier alpha value is -3.46. The minimum atomic E-state index is 0.0856. The summed E-state index contributed by atoms with van der Waals surface area (Å²) < 4.78 is 1.86.